The molecule has 0 fully saturated rings. The molecule has 0 heterocycles. The Morgan fingerprint density at radius 1 is 1.29 bits per heavy atom. The Hall–Kier alpha value is -1.84. The fraction of sp³-hybridized carbons (Fsp3) is 0.385. The molecule has 1 aromatic carbocycles. The van der Waals surface area contributed by atoms with Crippen LogP contribution >= 0.6 is 0 Å². The molecule has 0 unspecified atom stereocenters. The number of esters is 1. The normalized spacial score (nSPS) is 13.8. The van der Waals surface area contributed by atoms with Gasteiger partial charge in [0, 0.05) is 0 Å². The molecule has 0 aromatic heterocycles. The highest BCUT2D eigenvalue weighted by atomic mass is 16.5. The lowest BCUT2D eigenvalue weighted by atomic mass is 9.83. The topological polar surface area (TPSA) is 63.6 Å². The van der Waals surface area contributed by atoms with E-state index >= 15 is 0 Å². The number of carbonyl (C=O) groups is 2. The van der Waals surface area contributed by atoms with E-state index in [1.54, 1.807) is 19.1 Å². The standard InChI is InChI=1S/C13H16O4/c1-3-17-12(16)13(2,11(14)15)9-10-7-5-4-6-8-10/h4-8H,3,9H2,1-2H3,(H,14,15)/t13-/m1/s1. The van der Waals surface area contributed by atoms with Crippen molar-refractivity contribution in [2.24, 2.45) is 5.41 Å². The molecule has 1 aromatic rings. The van der Waals surface area contributed by atoms with Crippen LogP contribution in [-0.2, 0) is 20.7 Å². The summed E-state index contributed by atoms with van der Waals surface area (Å²) in [4.78, 5) is 22.9. The fourth-order valence-corrected chi connectivity index (χ4v) is 1.53. The molecule has 1 rings (SSSR count). The van der Waals surface area contributed by atoms with E-state index in [0.29, 0.717) is 0 Å². The van der Waals surface area contributed by atoms with E-state index in [9.17, 15) is 14.7 Å². The Kier molecular flexibility index (Phi) is 4.26. The number of carbonyl (C=O) groups excluding carboxylic acids is 1. The second kappa shape index (κ2) is 5.48. The van der Waals surface area contributed by atoms with Crippen LogP contribution in [0.5, 0.6) is 0 Å². The molecule has 4 nitrogen and oxygen atoms in total. The van der Waals surface area contributed by atoms with Gasteiger partial charge in [-0.2, -0.15) is 0 Å². The molecule has 0 saturated carbocycles. The van der Waals surface area contributed by atoms with E-state index in [4.69, 9.17) is 4.74 Å². The molecule has 0 aliphatic carbocycles. The lowest BCUT2D eigenvalue weighted by Crippen LogP contribution is -2.39. The number of carboxylic acids is 1. The number of hydrogen-bond donors (Lipinski definition) is 1. The van der Waals surface area contributed by atoms with Gasteiger partial charge in [0.15, 0.2) is 5.41 Å². The summed E-state index contributed by atoms with van der Waals surface area (Å²) in [5, 5.41) is 9.19. The van der Waals surface area contributed by atoms with E-state index in [1.807, 2.05) is 18.2 Å². The van der Waals surface area contributed by atoms with Gasteiger partial charge in [-0.1, -0.05) is 30.3 Å². The van der Waals surface area contributed by atoms with Crippen LogP contribution in [-0.4, -0.2) is 23.7 Å². The zero-order valence-corrected chi connectivity index (χ0v) is 9.97. The van der Waals surface area contributed by atoms with Crippen LogP contribution in [0.15, 0.2) is 30.3 Å². The third-order valence-corrected chi connectivity index (χ3v) is 2.60. The molecule has 0 spiro atoms. The summed E-state index contributed by atoms with van der Waals surface area (Å²) in [7, 11) is 0. The molecule has 0 amide bonds. The van der Waals surface area contributed by atoms with Crippen molar-refractivity contribution in [3.05, 3.63) is 35.9 Å². The summed E-state index contributed by atoms with van der Waals surface area (Å²) < 4.78 is 4.82. The van der Waals surface area contributed by atoms with Crippen LogP contribution in [0.3, 0.4) is 0 Å². The number of benzene rings is 1. The van der Waals surface area contributed by atoms with Gasteiger partial charge in [0.1, 0.15) is 0 Å². The van der Waals surface area contributed by atoms with Crippen LogP contribution in [0.2, 0.25) is 0 Å². The van der Waals surface area contributed by atoms with Crippen LogP contribution in [0, 0.1) is 5.41 Å². The van der Waals surface area contributed by atoms with Crippen LogP contribution in [0.4, 0.5) is 0 Å². The summed E-state index contributed by atoms with van der Waals surface area (Å²) >= 11 is 0. The summed E-state index contributed by atoms with van der Waals surface area (Å²) in [6, 6.07) is 9.04. The average molecular weight is 236 g/mol. The van der Waals surface area contributed by atoms with E-state index in [2.05, 4.69) is 0 Å². The highest BCUT2D eigenvalue weighted by Gasteiger charge is 2.42. The van der Waals surface area contributed by atoms with Crippen molar-refractivity contribution in [3.8, 4) is 0 Å². The Balaban J connectivity index is 2.93. The molecule has 0 radical (unpaired) electrons. The molecule has 0 aliphatic rings. The van der Waals surface area contributed by atoms with Crippen molar-refractivity contribution in [2.75, 3.05) is 6.61 Å². The van der Waals surface area contributed by atoms with E-state index in [0.717, 1.165) is 5.56 Å². The number of aliphatic carboxylic acids is 1. The second-order valence-electron chi connectivity index (χ2n) is 4.02. The van der Waals surface area contributed by atoms with E-state index in [1.165, 1.54) is 6.92 Å². The first-order chi connectivity index (χ1) is 8.00. The molecular formula is C13H16O4. The molecule has 0 saturated heterocycles. The Labute approximate surface area is 100 Å². The largest absolute Gasteiger partial charge is 0.480 e. The minimum absolute atomic E-state index is 0.127. The molecule has 0 aliphatic heterocycles. The van der Waals surface area contributed by atoms with Gasteiger partial charge in [-0.3, -0.25) is 9.59 Å². The monoisotopic (exact) mass is 236 g/mol. The Morgan fingerprint density at radius 2 is 1.88 bits per heavy atom. The summed E-state index contributed by atoms with van der Waals surface area (Å²) in [5.41, 5.74) is -0.734. The van der Waals surface area contributed by atoms with Crippen molar-refractivity contribution in [1.82, 2.24) is 0 Å². The summed E-state index contributed by atoms with van der Waals surface area (Å²) in [6.07, 6.45) is 0.127. The quantitative estimate of drug-likeness (QED) is 0.626. The van der Waals surface area contributed by atoms with Gasteiger partial charge in [0.25, 0.3) is 0 Å². The molecular weight excluding hydrogens is 220 g/mol. The maximum absolute atomic E-state index is 11.7. The van der Waals surface area contributed by atoms with Crippen molar-refractivity contribution in [3.63, 3.8) is 0 Å². The molecule has 0 bridgehead atoms. The first-order valence-electron chi connectivity index (χ1n) is 5.45. The minimum Gasteiger partial charge on any atom is -0.480 e. The number of hydrogen-bond acceptors (Lipinski definition) is 3. The van der Waals surface area contributed by atoms with Crippen molar-refractivity contribution >= 4 is 11.9 Å². The van der Waals surface area contributed by atoms with Gasteiger partial charge in [-0.25, -0.2) is 0 Å². The zero-order chi connectivity index (χ0) is 12.9. The lowest BCUT2D eigenvalue weighted by Gasteiger charge is -2.22. The predicted molar refractivity (Wildman–Crippen MR) is 62.5 cm³/mol. The second-order valence-corrected chi connectivity index (χ2v) is 4.02. The van der Waals surface area contributed by atoms with Crippen molar-refractivity contribution < 1.29 is 19.4 Å². The number of ether oxygens (including phenoxy) is 1. The minimum atomic E-state index is -1.53. The molecule has 1 atom stereocenters. The zero-order valence-electron chi connectivity index (χ0n) is 9.97. The van der Waals surface area contributed by atoms with Crippen molar-refractivity contribution in [2.45, 2.75) is 20.3 Å². The van der Waals surface area contributed by atoms with E-state index in [-0.39, 0.29) is 13.0 Å². The van der Waals surface area contributed by atoms with Crippen LogP contribution in [0.25, 0.3) is 0 Å². The highest BCUT2D eigenvalue weighted by Crippen LogP contribution is 2.25. The van der Waals surface area contributed by atoms with Gasteiger partial charge in [0.2, 0.25) is 0 Å². The van der Waals surface area contributed by atoms with Crippen LogP contribution < -0.4 is 0 Å². The first kappa shape index (κ1) is 13.2. The lowest BCUT2D eigenvalue weighted by molar-refractivity contribution is -0.167. The number of rotatable bonds is 5. The smallest absolute Gasteiger partial charge is 0.323 e. The SMILES string of the molecule is CCOC(=O)[C@](C)(Cc1ccccc1)C(=O)O. The predicted octanol–water partition coefficient (Wildman–Crippen LogP) is 1.88. The van der Waals surface area contributed by atoms with Gasteiger partial charge >= 0.3 is 11.9 Å². The average Bonchev–Trinajstić information content (AvgIpc) is 2.30. The summed E-state index contributed by atoms with van der Waals surface area (Å²) in [6.45, 7) is 3.22. The number of carboxylic acid groups (broad SMARTS) is 1. The maximum Gasteiger partial charge on any atom is 0.323 e. The first-order valence-corrected chi connectivity index (χ1v) is 5.45. The fourth-order valence-electron chi connectivity index (χ4n) is 1.53. The maximum atomic E-state index is 11.7. The van der Waals surface area contributed by atoms with Crippen molar-refractivity contribution in [1.29, 1.82) is 0 Å². The van der Waals surface area contributed by atoms with Gasteiger partial charge < -0.3 is 9.84 Å². The van der Waals surface area contributed by atoms with E-state index < -0.39 is 17.4 Å². The highest BCUT2D eigenvalue weighted by molar-refractivity contribution is 5.99. The third kappa shape index (κ3) is 3.06. The van der Waals surface area contributed by atoms with Gasteiger partial charge in [-0.15, -0.1) is 0 Å². The Bertz CT molecular complexity index is 399. The third-order valence-electron chi connectivity index (χ3n) is 2.60. The van der Waals surface area contributed by atoms with Crippen LogP contribution in [0.1, 0.15) is 19.4 Å². The molecule has 17 heavy (non-hydrogen) atoms. The Morgan fingerprint density at radius 3 is 2.35 bits per heavy atom. The van der Waals surface area contributed by atoms with Gasteiger partial charge in [-0.05, 0) is 25.8 Å². The molecule has 1 N–H and O–H groups in total. The van der Waals surface area contributed by atoms with Gasteiger partial charge in [0.05, 0.1) is 6.61 Å². The molecule has 92 valence electrons. The summed E-state index contributed by atoms with van der Waals surface area (Å²) in [5.74, 6) is -1.86. The molecule has 4 heteroatoms.